The first-order chi connectivity index (χ1) is 14.5. The Labute approximate surface area is 171 Å². The third kappa shape index (κ3) is 3.28. The van der Waals surface area contributed by atoms with Gasteiger partial charge in [-0.25, -0.2) is 9.79 Å². The predicted molar refractivity (Wildman–Crippen MR) is 109 cm³/mol. The lowest BCUT2D eigenvalue weighted by Gasteiger charge is -2.13. The molecule has 1 aliphatic heterocycles. The summed E-state index contributed by atoms with van der Waals surface area (Å²) in [6.45, 7) is 0. The average molecular weight is 407 g/mol. The fourth-order valence-corrected chi connectivity index (χ4v) is 3.08. The highest BCUT2D eigenvalue weighted by Crippen LogP contribution is 2.39. The number of benzene rings is 2. The molecular weight excluding hydrogens is 390 g/mol. The monoisotopic (exact) mass is 407 g/mol. The van der Waals surface area contributed by atoms with Crippen LogP contribution in [0.5, 0.6) is 17.2 Å². The van der Waals surface area contributed by atoms with E-state index in [0.717, 1.165) is 0 Å². The molecule has 8 heteroatoms. The summed E-state index contributed by atoms with van der Waals surface area (Å²) in [6, 6.07) is 10.1. The van der Waals surface area contributed by atoms with Crippen molar-refractivity contribution in [1.82, 2.24) is 0 Å². The molecule has 0 radical (unpaired) electrons. The molecule has 0 amide bonds. The third-order valence-electron chi connectivity index (χ3n) is 4.53. The summed E-state index contributed by atoms with van der Waals surface area (Å²) in [5, 5.41) is 0.409. The summed E-state index contributed by atoms with van der Waals surface area (Å²) < 4.78 is 26.7. The molecule has 2 aromatic carbocycles. The number of carbonyl (C=O) groups excluding carboxylic acids is 1. The minimum absolute atomic E-state index is 0.0265. The first-order valence-electron chi connectivity index (χ1n) is 8.89. The SMILES string of the molecule is COc1cc(C2=N/C(=C/c3coc4ccccc4c3=O)C(=O)O2)cc(OC)c1OC. The smallest absolute Gasteiger partial charge is 0.363 e. The molecule has 8 nitrogen and oxygen atoms in total. The molecule has 0 fully saturated rings. The molecule has 0 bridgehead atoms. The number of rotatable bonds is 5. The largest absolute Gasteiger partial charge is 0.493 e. The molecule has 2 heterocycles. The molecule has 0 N–H and O–H groups in total. The van der Waals surface area contributed by atoms with E-state index < -0.39 is 5.97 Å². The lowest BCUT2D eigenvalue weighted by atomic mass is 10.1. The first kappa shape index (κ1) is 19.3. The zero-order chi connectivity index (χ0) is 21.3. The number of hydrogen-bond acceptors (Lipinski definition) is 8. The van der Waals surface area contributed by atoms with Gasteiger partial charge in [0.2, 0.25) is 11.6 Å². The van der Waals surface area contributed by atoms with E-state index in [0.29, 0.717) is 33.8 Å². The maximum absolute atomic E-state index is 12.7. The molecule has 0 saturated carbocycles. The van der Waals surface area contributed by atoms with Gasteiger partial charge in [0.15, 0.2) is 22.6 Å². The van der Waals surface area contributed by atoms with Gasteiger partial charge in [-0.1, -0.05) is 12.1 Å². The van der Waals surface area contributed by atoms with Crippen LogP contribution in [0.2, 0.25) is 0 Å². The zero-order valence-electron chi connectivity index (χ0n) is 16.4. The molecule has 0 saturated heterocycles. The van der Waals surface area contributed by atoms with Gasteiger partial charge in [-0.3, -0.25) is 4.79 Å². The number of cyclic esters (lactones) is 1. The van der Waals surface area contributed by atoms with Crippen LogP contribution in [0.25, 0.3) is 17.0 Å². The Morgan fingerprint density at radius 1 is 0.967 bits per heavy atom. The molecule has 0 unspecified atom stereocenters. The van der Waals surface area contributed by atoms with Crippen molar-refractivity contribution in [2.24, 2.45) is 4.99 Å². The second-order valence-electron chi connectivity index (χ2n) is 6.27. The van der Waals surface area contributed by atoms with Crippen LogP contribution >= 0.6 is 0 Å². The zero-order valence-corrected chi connectivity index (χ0v) is 16.4. The van der Waals surface area contributed by atoms with E-state index in [-0.39, 0.29) is 22.6 Å². The topological polar surface area (TPSA) is 96.6 Å². The Kier molecular flexibility index (Phi) is 4.97. The molecule has 30 heavy (non-hydrogen) atoms. The Bertz CT molecular complexity index is 1240. The third-order valence-corrected chi connectivity index (χ3v) is 4.53. The van der Waals surface area contributed by atoms with Gasteiger partial charge >= 0.3 is 5.97 Å². The molecule has 0 atom stereocenters. The normalized spacial score (nSPS) is 14.6. The highest BCUT2D eigenvalue weighted by Gasteiger charge is 2.27. The summed E-state index contributed by atoms with van der Waals surface area (Å²) in [4.78, 5) is 29.2. The van der Waals surface area contributed by atoms with Crippen LogP contribution in [0.4, 0.5) is 0 Å². The molecule has 0 spiro atoms. The molecule has 4 rings (SSSR count). The van der Waals surface area contributed by atoms with Crippen molar-refractivity contribution in [3.05, 3.63) is 69.7 Å². The fourth-order valence-electron chi connectivity index (χ4n) is 3.08. The van der Waals surface area contributed by atoms with E-state index in [1.165, 1.54) is 33.7 Å². The minimum atomic E-state index is -0.689. The number of hydrogen-bond donors (Lipinski definition) is 0. The number of carbonyl (C=O) groups is 1. The maximum Gasteiger partial charge on any atom is 0.363 e. The number of para-hydroxylation sites is 1. The number of aliphatic imine (C=N–C) groups is 1. The second kappa shape index (κ2) is 7.75. The van der Waals surface area contributed by atoms with Crippen molar-refractivity contribution < 1.29 is 28.2 Å². The van der Waals surface area contributed by atoms with Crippen LogP contribution in [-0.4, -0.2) is 33.2 Å². The van der Waals surface area contributed by atoms with Gasteiger partial charge in [-0.2, -0.15) is 0 Å². The van der Waals surface area contributed by atoms with Crippen LogP contribution in [-0.2, 0) is 9.53 Å². The van der Waals surface area contributed by atoms with Crippen molar-refractivity contribution in [3.8, 4) is 17.2 Å². The van der Waals surface area contributed by atoms with Crippen molar-refractivity contribution in [2.45, 2.75) is 0 Å². The van der Waals surface area contributed by atoms with E-state index in [1.54, 1.807) is 36.4 Å². The maximum atomic E-state index is 12.7. The van der Waals surface area contributed by atoms with Crippen molar-refractivity contribution >= 4 is 28.9 Å². The number of nitrogens with zero attached hydrogens (tertiary/aromatic N) is 1. The minimum Gasteiger partial charge on any atom is -0.493 e. The Hall–Kier alpha value is -4.07. The fraction of sp³-hybridized carbons (Fsp3) is 0.136. The molecule has 1 aromatic heterocycles. The predicted octanol–water partition coefficient (Wildman–Crippen LogP) is 3.16. The van der Waals surface area contributed by atoms with Gasteiger partial charge in [0, 0.05) is 5.56 Å². The molecule has 0 aliphatic carbocycles. The van der Waals surface area contributed by atoms with E-state index in [1.807, 2.05) is 0 Å². The highest BCUT2D eigenvalue weighted by atomic mass is 16.6. The van der Waals surface area contributed by atoms with Crippen molar-refractivity contribution in [1.29, 1.82) is 0 Å². The summed E-state index contributed by atoms with van der Waals surface area (Å²) in [5.74, 6) is 0.539. The summed E-state index contributed by atoms with van der Waals surface area (Å²) in [6.07, 6.45) is 2.63. The van der Waals surface area contributed by atoms with Gasteiger partial charge in [0.25, 0.3) is 0 Å². The van der Waals surface area contributed by atoms with Crippen molar-refractivity contribution in [2.75, 3.05) is 21.3 Å². The Balaban J connectivity index is 1.77. The van der Waals surface area contributed by atoms with E-state index >= 15 is 0 Å². The van der Waals surface area contributed by atoms with Crippen molar-refractivity contribution in [3.63, 3.8) is 0 Å². The first-order valence-corrected chi connectivity index (χ1v) is 8.89. The van der Waals surface area contributed by atoms with Gasteiger partial charge in [0.1, 0.15) is 11.8 Å². The number of methoxy groups -OCH3 is 3. The van der Waals surface area contributed by atoms with Crippen LogP contribution in [0, 0.1) is 0 Å². The lowest BCUT2D eigenvalue weighted by Crippen LogP contribution is -2.08. The van der Waals surface area contributed by atoms with Crippen LogP contribution < -0.4 is 19.6 Å². The van der Waals surface area contributed by atoms with E-state index in [9.17, 15) is 9.59 Å². The molecule has 152 valence electrons. The summed E-state index contributed by atoms with van der Waals surface area (Å²) in [7, 11) is 4.45. The van der Waals surface area contributed by atoms with Gasteiger partial charge < -0.3 is 23.4 Å². The van der Waals surface area contributed by atoms with Gasteiger partial charge in [-0.15, -0.1) is 0 Å². The number of ether oxygens (including phenoxy) is 4. The van der Waals surface area contributed by atoms with Gasteiger partial charge in [-0.05, 0) is 30.3 Å². The second-order valence-corrected chi connectivity index (χ2v) is 6.27. The lowest BCUT2D eigenvalue weighted by molar-refractivity contribution is -0.129. The Morgan fingerprint density at radius 3 is 2.33 bits per heavy atom. The summed E-state index contributed by atoms with van der Waals surface area (Å²) >= 11 is 0. The average Bonchev–Trinajstić information content (AvgIpc) is 3.14. The van der Waals surface area contributed by atoms with E-state index in [4.69, 9.17) is 23.4 Å². The molecular formula is C22H17NO7. The van der Waals surface area contributed by atoms with Gasteiger partial charge in [0.05, 0.1) is 32.3 Å². The molecule has 1 aliphatic rings. The quantitative estimate of drug-likeness (QED) is 0.473. The van der Waals surface area contributed by atoms with Crippen LogP contribution in [0.1, 0.15) is 11.1 Å². The standard InChI is InChI=1S/C22H17NO7/c1-26-17-9-12(10-18(27-2)20(17)28-3)21-23-15(22(25)30-21)8-13-11-29-16-7-5-4-6-14(16)19(13)24/h4-11H,1-3H3/b15-8+. The number of fused-ring (bicyclic) bond motifs is 1. The highest BCUT2D eigenvalue weighted by molar-refractivity contribution is 6.13. The van der Waals surface area contributed by atoms with Crippen LogP contribution in [0.3, 0.4) is 0 Å². The van der Waals surface area contributed by atoms with E-state index in [2.05, 4.69) is 4.99 Å². The van der Waals surface area contributed by atoms with Crippen LogP contribution in [0.15, 0.2) is 62.6 Å². The Morgan fingerprint density at radius 2 is 1.67 bits per heavy atom. The molecule has 3 aromatic rings. The number of esters is 1. The summed E-state index contributed by atoms with van der Waals surface area (Å²) in [5.41, 5.74) is 0.803.